The van der Waals surface area contributed by atoms with E-state index in [0.717, 1.165) is 29.5 Å². The molecule has 0 aromatic heterocycles. The molecule has 0 saturated heterocycles. The number of methoxy groups -OCH3 is 1. The van der Waals surface area contributed by atoms with Crippen LogP contribution in [0.25, 0.3) is 0 Å². The summed E-state index contributed by atoms with van der Waals surface area (Å²) in [5, 5.41) is 0.796. The van der Waals surface area contributed by atoms with E-state index < -0.39 is 12.8 Å². The zero-order valence-corrected chi connectivity index (χ0v) is 13.5. The van der Waals surface area contributed by atoms with E-state index in [1.165, 1.54) is 0 Å². The van der Waals surface area contributed by atoms with E-state index in [9.17, 15) is 13.2 Å². The zero-order chi connectivity index (χ0) is 15.7. The molecule has 0 radical (unpaired) electrons. The molecule has 0 heterocycles. The fourth-order valence-electron chi connectivity index (χ4n) is 2.08. The fourth-order valence-corrected chi connectivity index (χ4v) is 2.63. The summed E-state index contributed by atoms with van der Waals surface area (Å²) in [6.07, 6.45) is -2.00. The van der Waals surface area contributed by atoms with Crippen molar-refractivity contribution in [2.75, 3.05) is 25.7 Å². The number of hydrogen-bond donors (Lipinski definition) is 0. The minimum Gasteiger partial charge on any atom is -0.496 e. The number of ether oxygens (including phenoxy) is 2. The lowest BCUT2D eigenvalue weighted by molar-refractivity contribution is -0.174. The molecule has 0 aliphatic carbocycles. The van der Waals surface area contributed by atoms with Crippen LogP contribution >= 0.6 is 15.9 Å². The monoisotopic (exact) mass is 368 g/mol. The molecule has 1 atom stereocenters. The smallest absolute Gasteiger partial charge is 0.411 e. The molecule has 2 nitrogen and oxygen atoms in total. The summed E-state index contributed by atoms with van der Waals surface area (Å²) < 4.78 is 45.7. The van der Waals surface area contributed by atoms with Gasteiger partial charge in [-0.1, -0.05) is 34.1 Å². The van der Waals surface area contributed by atoms with Gasteiger partial charge < -0.3 is 9.47 Å². The predicted octanol–water partition coefficient (Wildman–Crippen LogP) is 4.61. The van der Waals surface area contributed by atoms with Gasteiger partial charge in [-0.2, -0.15) is 13.2 Å². The molecule has 1 unspecified atom stereocenters. The van der Waals surface area contributed by atoms with E-state index in [2.05, 4.69) is 20.7 Å². The van der Waals surface area contributed by atoms with E-state index in [1.807, 2.05) is 24.3 Å². The lowest BCUT2D eigenvalue weighted by Crippen LogP contribution is -2.18. The molecule has 1 aromatic rings. The highest BCUT2D eigenvalue weighted by molar-refractivity contribution is 9.09. The highest BCUT2D eigenvalue weighted by Crippen LogP contribution is 2.24. The van der Waals surface area contributed by atoms with Crippen molar-refractivity contribution in [3.05, 3.63) is 29.8 Å². The average Bonchev–Trinajstić information content (AvgIpc) is 2.45. The highest BCUT2D eigenvalue weighted by atomic mass is 79.9. The Kier molecular flexibility index (Phi) is 8.11. The van der Waals surface area contributed by atoms with Crippen molar-refractivity contribution >= 4 is 15.9 Å². The Labute approximate surface area is 131 Å². The normalized spacial score (nSPS) is 13.2. The molecular weight excluding hydrogens is 349 g/mol. The topological polar surface area (TPSA) is 18.5 Å². The van der Waals surface area contributed by atoms with Crippen molar-refractivity contribution in [2.24, 2.45) is 5.92 Å². The van der Waals surface area contributed by atoms with E-state index >= 15 is 0 Å². The van der Waals surface area contributed by atoms with Gasteiger partial charge in [-0.3, -0.25) is 0 Å². The number of rotatable bonds is 9. The maximum Gasteiger partial charge on any atom is 0.411 e. The van der Waals surface area contributed by atoms with Crippen molar-refractivity contribution in [1.82, 2.24) is 0 Å². The fraction of sp³-hybridized carbons (Fsp3) is 0.600. The Hall–Kier alpha value is -0.750. The van der Waals surface area contributed by atoms with Gasteiger partial charge in [0.05, 0.1) is 7.11 Å². The van der Waals surface area contributed by atoms with Crippen molar-refractivity contribution in [2.45, 2.75) is 25.4 Å². The minimum atomic E-state index is -4.24. The van der Waals surface area contributed by atoms with Crippen LogP contribution in [-0.2, 0) is 11.2 Å². The van der Waals surface area contributed by atoms with Crippen LogP contribution in [0.15, 0.2) is 24.3 Å². The first-order chi connectivity index (χ1) is 9.96. The second-order valence-corrected chi connectivity index (χ2v) is 5.49. The minimum absolute atomic E-state index is 0.134. The second-order valence-electron chi connectivity index (χ2n) is 4.85. The summed E-state index contributed by atoms with van der Waals surface area (Å²) in [4.78, 5) is 0. The quantitative estimate of drug-likeness (QED) is 0.468. The van der Waals surface area contributed by atoms with Gasteiger partial charge in [0.25, 0.3) is 0 Å². The van der Waals surface area contributed by atoms with Gasteiger partial charge in [0.1, 0.15) is 12.4 Å². The Balaban J connectivity index is 2.35. The lowest BCUT2D eigenvalue weighted by atomic mass is 9.96. The van der Waals surface area contributed by atoms with Gasteiger partial charge in [-0.25, -0.2) is 0 Å². The molecule has 0 fully saturated rings. The van der Waals surface area contributed by atoms with Crippen LogP contribution in [-0.4, -0.2) is 31.8 Å². The summed E-state index contributed by atoms with van der Waals surface area (Å²) >= 11 is 3.46. The summed E-state index contributed by atoms with van der Waals surface area (Å²) in [5.41, 5.74) is 1.11. The third kappa shape index (κ3) is 7.71. The van der Waals surface area contributed by atoms with Crippen molar-refractivity contribution in [1.29, 1.82) is 0 Å². The molecule has 0 aliphatic heterocycles. The van der Waals surface area contributed by atoms with Crippen LogP contribution in [0.3, 0.4) is 0 Å². The Morgan fingerprint density at radius 3 is 2.57 bits per heavy atom. The van der Waals surface area contributed by atoms with Crippen LogP contribution in [0.2, 0.25) is 0 Å². The predicted molar refractivity (Wildman–Crippen MR) is 80.1 cm³/mol. The molecule has 120 valence electrons. The van der Waals surface area contributed by atoms with E-state index in [1.54, 1.807) is 7.11 Å². The van der Waals surface area contributed by atoms with E-state index in [-0.39, 0.29) is 6.61 Å². The molecule has 1 aromatic carbocycles. The second kappa shape index (κ2) is 9.30. The van der Waals surface area contributed by atoms with Gasteiger partial charge in [-0.15, -0.1) is 0 Å². The molecule has 0 spiro atoms. The van der Waals surface area contributed by atoms with E-state index in [4.69, 9.17) is 4.74 Å². The molecular formula is C15H20BrF3O2. The number of halogens is 4. The van der Waals surface area contributed by atoms with Crippen molar-refractivity contribution in [3.8, 4) is 5.75 Å². The first-order valence-corrected chi connectivity index (χ1v) is 7.90. The number of alkyl halides is 4. The standard InChI is InChI=1S/C15H20BrF3O2/c1-20-14-7-3-2-6-13(14)9-12(10-16)5-4-8-21-11-15(17,18)19/h2-3,6-7,12H,4-5,8-11H2,1H3. The zero-order valence-electron chi connectivity index (χ0n) is 12.0. The summed E-state index contributed by atoms with van der Waals surface area (Å²) in [5.74, 6) is 1.19. The maximum absolute atomic E-state index is 11.9. The van der Waals surface area contributed by atoms with Crippen molar-refractivity contribution < 1.29 is 22.6 Å². The molecule has 0 aliphatic rings. The van der Waals surface area contributed by atoms with Crippen LogP contribution in [0, 0.1) is 5.92 Å². The summed E-state index contributed by atoms with van der Waals surface area (Å²) in [6.45, 7) is -1.03. The van der Waals surface area contributed by atoms with Crippen LogP contribution in [0.5, 0.6) is 5.75 Å². The van der Waals surface area contributed by atoms with Crippen LogP contribution in [0.1, 0.15) is 18.4 Å². The lowest BCUT2D eigenvalue weighted by Gasteiger charge is -2.16. The Morgan fingerprint density at radius 2 is 1.95 bits per heavy atom. The van der Waals surface area contributed by atoms with Gasteiger partial charge in [0.15, 0.2) is 0 Å². The first kappa shape index (κ1) is 18.3. The third-order valence-electron chi connectivity index (χ3n) is 3.09. The third-order valence-corrected chi connectivity index (χ3v) is 4.00. The molecule has 1 rings (SSSR count). The van der Waals surface area contributed by atoms with E-state index in [0.29, 0.717) is 12.3 Å². The average molecular weight is 369 g/mol. The van der Waals surface area contributed by atoms with Gasteiger partial charge in [0, 0.05) is 11.9 Å². The Bertz CT molecular complexity index is 410. The van der Waals surface area contributed by atoms with Crippen molar-refractivity contribution in [3.63, 3.8) is 0 Å². The van der Waals surface area contributed by atoms with Crippen LogP contribution in [0.4, 0.5) is 13.2 Å². The summed E-state index contributed by atoms with van der Waals surface area (Å²) in [6, 6.07) is 7.79. The largest absolute Gasteiger partial charge is 0.496 e. The molecule has 0 bridgehead atoms. The van der Waals surface area contributed by atoms with Gasteiger partial charge in [-0.05, 0) is 36.8 Å². The summed E-state index contributed by atoms with van der Waals surface area (Å²) in [7, 11) is 1.63. The first-order valence-electron chi connectivity index (χ1n) is 6.78. The SMILES string of the molecule is COc1ccccc1CC(CBr)CCCOCC(F)(F)F. The van der Waals surface area contributed by atoms with Crippen LogP contribution < -0.4 is 4.74 Å². The van der Waals surface area contributed by atoms with Gasteiger partial charge >= 0.3 is 6.18 Å². The molecule has 6 heteroatoms. The molecule has 0 saturated carbocycles. The van der Waals surface area contributed by atoms with Gasteiger partial charge in [0.2, 0.25) is 0 Å². The Morgan fingerprint density at radius 1 is 1.24 bits per heavy atom. The number of hydrogen-bond acceptors (Lipinski definition) is 2. The molecule has 0 N–H and O–H groups in total. The highest BCUT2D eigenvalue weighted by Gasteiger charge is 2.27. The maximum atomic E-state index is 11.9. The molecule has 0 amide bonds. The molecule has 21 heavy (non-hydrogen) atoms. The number of benzene rings is 1. The number of para-hydroxylation sites is 1.